The number of carbonyl (C=O) groups excluding carboxylic acids is 1. The van der Waals surface area contributed by atoms with Gasteiger partial charge in [0.2, 0.25) is 5.89 Å². The molecule has 1 fully saturated rings. The Labute approximate surface area is 131 Å². The van der Waals surface area contributed by atoms with Crippen molar-refractivity contribution >= 4 is 5.91 Å². The molecule has 0 aliphatic carbocycles. The maximum atomic E-state index is 13.4. The van der Waals surface area contributed by atoms with Gasteiger partial charge in [0, 0.05) is 6.54 Å². The van der Waals surface area contributed by atoms with Crippen LogP contribution in [0.25, 0.3) is 0 Å². The Morgan fingerprint density at radius 2 is 2.39 bits per heavy atom. The zero-order valence-electron chi connectivity index (χ0n) is 12.2. The summed E-state index contributed by atoms with van der Waals surface area (Å²) in [6.45, 7) is 1.14. The van der Waals surface area contributed by atoms with Crippen molar-refractivity contribution < 1.29 is 13.7 Å². The maximum Gasteiger partial charge on any atom is 0.290 e. The number of hydrogen-bond donors (Lipinski definition) is 1. The Balaban J connectivity index is 1.83. The molecule has 118 valence electrons. The molecular formula is C15H14FN5O2. The van der Waals surface area contributed by atoms with Crippen LogP contribution >= 0.6 is 0 Å². The van der Waals surface area contributed by atoms with Crippen LogP contribution in [0.4, 0.5) is 4.39 Å². The highest BCUT2D eigenvalue weighted by atomic mass is 19.1. The molecular weight excluding hydrogens is 301 g/mol. The minimum absolute atomic E-state index is 0.157. The van der Waals surface area contributed by atoms with E-state index in [1.54, 1.807) is 0 Å². The van der Waals surface area contributed by atoms with Gasteiger partial charge in [0.15, 0.2) is 0 Å². The van der Waals surface area contributed by atoms with E-state index in [1.807, 2.05) is 4.90 Å². The maximum absolute atomic E-state index is 13.4. The number of rotatable bonds is 4. The minimum Gasteiger partial charge on any atom is -0.363 e. The molecule has 7 nitrogen and oxygen atoms in total. The molecule has 2 N–H and O–H groups in total. The summed E-state index contributed by atoms with van der Waals surface area (Å²) in [5.74, 6) is -0.980. The van der Waals surface area contributed by atoms with Crippen molar-refractivity contribution in [2.24, 2.45) is 5.73 Å². The van der Waals surface area contributed by atoms with Crippen molar-refractivity contribution in [1.82, 2.24) is 15.0 Å². The van der Waals surface area contributed by atoms with Crippen molar-refractivity contribution in [3.63, 3.8) is 0 Å². The number of primary amides is 1. The van der Waals surface area contributed by atoms with Gasteiger partial charge in [0.05, 0.1) is 17.7 Å². The van der Waals surface area contributed by atoms with Crippen molar-refractivity contribution in [1.29, 1.82) is 5.26 Å². The molecule has 0 bridgehead atoms. The summed E-state index contributed by atoms with van der Waals surface area (Å²) in [4.78, 5) is 17.1. The Kier molecular flexibility index (Phi) is 4.04. The normalized spacial score (nSPS) is 18.0. The first-order chi connectivity index (χ1) is 11.1. The van der Waals surface area contributed by atoms with Gasteiger partial charge in [-0.2, -0.15) is 10.2 Å². The number of benzene rings is 1. The number of likely N-dealkylation sites (tertiary alicyclic amines) is 1. The topological polar surface area (TPSA) is 109 Å². The molecule has 2 heterocycles. The number of hydrogen-bond acceptors (Lipinski definition) is 6. The second kappa shape index (κ2) is 6.14. The van der Waals surface area contributed by atoms with Crippen LogP contribution in [0.3, 0.4) is 0 Å². The fraction of sp³-hybridized carbons (Fsp3) is 0.333. The van der Waals surface area contributed by atoms with Gasteiger partial charge in [0.25, 0.3) is 11.7 Å². The molecule has 1 amide bonds. The average Bonchev–Trinajstić information content (AvgIpc) is 3.16. The van der Waals surface area contributed by atoms with Gasteiger partial charge < -0.3 is 10.3 Å². The van der Waals surface area contributed by atoms with E-state index in [0.29, 0.717) is 23.6 Å². The van der Waals surface area contributed by atoms with Crippen LogP contribution in [0.1, 0.15) is 46.5 Å². The van der Waals surface area contributed by atoms with Crippen molar-refractivity contribution in [3.8, 4) is 6.07 Å². The largest absolute Gasteiger partial charge is 0.363 e. The zero-order valence-corrected chi connectivity index (χ0v) is 12.2. The van der Waals surface area contributed by atoms with Gasteiger partial charge >= 0.3 is 0 Å². The molecule has 1 aromatic carbocycles. The van der Waals surface area contributed by atoms with Crippen LogP contribution in [-0.4, -0.2) is 27.5 Å². The summed E-state index contributed by atoms with van der Waals surface area (Å²) >= 11 is 0. The van der Waals surface area contributed by atoms with Crippen LogP contribution in [0.2, 0.25) is 0 Å². The van der Waals surface area contributed by atoms with Gasteiger partial charge in [-0.1, -0.05) is 5.16 Å². The summed E-state index contributed by atoms with van der Waals surface area (Å²) in [6, 6.07) is 5.98. The first-order valence-corrected chi connectivity index (χ1v) is 7.14. The number of nitrogens with two attached hydrogens (primary N) is 1. The molecule has 0 saturated carbocycles. The van der Waals surface area contributed by atoms with Crippen LogP contribution in [0.5, 0.6) is 0 Å². The number of carbonyl (C=O) groups is 1. The lowest BCUT2D eigenvalue weighted by Gasteiger charge is -2.22. The van der Waals surface area contributed by atoms with Crippen molar-refractivity contribution in [2.75, 3.05) is 6.54 Å². The average molecular weight is 315 g/mol. The molecule has 0 spiro atoms. The molecule has 8 heteroatoms. The Morgan fingerprint density at radius 3 is 3.09 bits per heavy atom. The molecule has 3 rings (SSSR count). The molecule has 1 aromatic heterocycles. The van der Waals surface area contributed by atoms with E-state index in [4.69, 9.17) is 15.5 Å². The Hall–Kier alpha value is -2.79. The molecule has 1 saturated heterocycles. The fourth-order valence-corrected chi connectivity index (χ4v) is 2.79. The number of nitrogens with zero attached hydrogens (tertiary/aromatic N) is 4. The summed E-state index contributed by atoms with van der Waals surface area (Å²) in [5, 5.41) is 12.7. The summed E-state index contributed by atoms with van der Waals surface area (Å²) in [5.41, 5.74) is 6.16. The highest BCUT2D eigenvalue weighted by molar-refractivity contribution is 5.88. The number of amides is 1. The van der Waals surface area contributed by atoms with Crippen LogP contribution < -0.4 is 5.73 Å². The molecule has 23 heavy (non-hydrogen) atoms. The number of nitriles is 1. The third kappa shape index (κ3) is 3.05. The van der Waals surface area contributed by atoms with E-state index < -0.39 is 5.91 Å². The second-order valence-electron chi connectivity index (χ2n) is 5.36. The van der Waals surface area contributed by atoms with E-state index in [2.05, 4.69) is 16.2 Å². The monoisotopic (exact) mass is 315 g/mol. The highest BCUT2D eigenvalue weighted by Gasteiger charge is 2.31. The first-order valence-electron chi connectivity index (χ1n) is 7.14. The minimum atomic E-state index is -0.749. The predicted octanol–water partition coefficient (Wildman–Crippen LogP) is 1.52. The molecule has 0 radical (unpaired) electrons. The van der Waals surface area contributed by atoms with E-state index in [0.717, 1.165) is 19.4 Å². The van der Waals surface area contributed by atoms with Crippen molar-refractivity contribution in [2.45, 2.75) is 25.4 Å². The fourth-order valence-electron chi connectivity index (χ4n) is 2.79. The SMILES string of the molecule is N#Cc1ccc(F)cc1CN1CCCC1c1nc(C(N)=O)no1. The Morgan fingerprint density at radius 1 is 1.57 bits per heavy atom. The standard InChI is InChI=1S/C15H14FN5O2/c16-11-4-3-9(7-17)10(6-11)8-21-5-1-2-12(21)15-19-14(13(18)22)20-23-15/h3-4,6,12H,1-2,5,8H2,(H2,18,22). The Bertz CT molecular complexity index is 782. The lowest BCUT2D eigenvalue weighted by molar-refractivity contribution is 0.0987. The van der Waals surface area contributed by atoms with Gasteiger partial charge in [-0.25, -0.2) is 4.39 Å². The van der Waals surface area contributed by atoms with Crippen LogP contribution in [0.15, 0.2) is 22.7 Å². The molecule has 2 aromatic rings. The second-order valence-corrected chi connectivity index (χ2v) is 5.36. The van der Waals surface area contributed by atoms with Gasteiger partial charge in [-0.05, 0) is 43.1 Å². The van der Waals surface area contributed by atoms with E-state index in [-0.39, 0.29) is 17.7 Å². The smallest absolute Gasteiger partial charge is 0.290 e. The van der Waals surface area contributed by atoms with Gasteiger partial charge in [-0.3, -0.25) is 9.69 Å². The molecule has 1 atom stereocenters. The summed E-state index contributed by atoms with van der Waals surface area (Å²) in [7, 11) is 0. The number of aromatic nitrogens is 2. The van der Waals surface area contributed by atoms with Crippen LogP contribution in [0, 0.1) is 17.1 Å². The van der Waals surface area contributed by atoms with E-state index >= 15 is 0 Å². The lowest BCUT2D eigenvalue weighted by atomic mass is 10.1. The summed E-state index contributed by atoms with van der Waals surface area (Å²) < 4.78 is 18.6. The predicted molar refractivity (Wildman–Crippen MR) is 76.3 cm³/mol. The highest BCUT2D eigenvalue weighted by Crippen LogP contribution is 2.32. The van der Waals surface area contributed by atoms with Crippen molar-refractivity contribution in [3.05, 3.63) is 46.9 Å². The van der Waals surface area contributed by atoms with Gasteiger partial charge in [-0.15, -0.1) is 0 Å². The third-order valence-electron chi connectivity index (χ3n) is 3.87. The molecule has 1 aliphatic rings. The van der Waals surface area contributed by atoms with Gasteiger partial charge in [0.1, 0.15) is 5.82 Å². The first kappa shape index (κ1) is 15.1. The number of halogens is 1. The summed E-state index contributed by atoms with van der Waals surface area (Å²) in [6.07, 6.45) is 1.67. The quantitative estimate of drug-likeness (QED) is 0.916. The molecule has 1 aliphatic heterocycles. The zero-order chi connectivity index (χ0) is 16.4. The lowest BCUT2D eigenvalue weighted by Crippen LogP contribution is -2.24. The molecule has 1 unspecified atom stereocenters. The third-order valence-corrected chi connectivity index (χ3v) is 3.87. The van der Waals surface area contributed by atoms with E-state index in [1.165, 1.54) is 18.2 Å². The van der Waals surface area contributed by atoms with E-state index in [9.17, 15) is 9.18 Å². The van der Waals surface area contributed by atoms with Crippen LogP contribution in [-0.2, 0) is 6.54 Å².